The molecule has 1 aromatic heterocycles. The summed E-state index contributed by atoms with van der Waals surface area (Å²) in [5.41, 5.74) is 4.25. The van der Waals surface area contributed by atoms with Crippen LogP contribution in [0.4, 0.5) is 14.5 Å². The number of anilines is 1. The fraction of sp³-hybridized carbons (Fsp3) is 0.440. The molecule has 0 aliphatic carbocycles. The molecule has 0 saturated heterocycles. The van der Waals surface area contributed by atoms with Crippen LogP contribution in [0.5, 0.6) is 0 Å². The number of aromatic nitrogens is 2. The zero-order chi connectivity index (χ0) is 28.8. The van der Waals surface area contributed by atoms with Gasteiger partial charge in [-0.1, -0.05) is 44.2 Å². The number of hydrogen-bond acceptors (Lipinski definition) is 8. The number of nitrogen functional groups attached to an aromatic ring is 1. The van der Waals surface area contributed by atoms with Crippen LogP contribution < -0.4 is 21.9 Å². The topological polar surface area (TPSA) is 162 Å². The number of nitrogens with zero attached hydrogens (tertiary/aromatic N) is 2. The molecule has 1 aromatic carbocycles. The predicted molar refractivity (Wildman–Crippen MR) is 134 cm³/mol. The first-order chi connectivity index (χ1) is 17.5. The standard InChI is InChI=1S/C25H31F2N5O6/c1-14(2)19(20(35)25(26,27)23(37)30-12-18(34)38-24(3,4)5)31-17(33)13-32-21(15-9-7-6-8-10-15)29-11-16(28)22(32)36/h6-11,14,19H,12-13,28H2,1-5H3,(H,30,37)(H,31,33). The lowest BCUT2D eigenvalue weighted by Gasteiger charge is -2.25. The number of benzene rings is 1. The molecule has 0 bridgehead atoms. The molecule has 38 heavy (non-hydrogen) atoms. The number of carbonyl (C=O) groups is 4. The van der Waals surface area contributed by atoms with E-state index >= 15 is 0 Å². The van der Waals surface area contributed by atoms with Gasteiger partial charge in [-0.05, 0) is 26.7 Å². The number of nitrogens with two attached hydrogens (primary N) is 1. The molecule has 0 saturated carbocycles. The third-order valence-electron chi connectivity index (χ3n) is 5.08. The Labute approximate surface area is 217 Å². The highest BCUT2D eigenvalue weighted by molar-refractivity contribution is 6.11. The lowest BCUT2D eigenvalue weighted by molar-refractivity contribution is -0.163. The molecule has 2 rings (SSSR count). The molecule has 0 aliphatic rings. The molecule has 0 aliphatic heterocycles. The fourth-order valence-corrected chi connectivity index (χ4v) is 3.32. The van der Waals surface area contributed by atoms with Crippen LogP contribution in [0.3, 0.4) is 0 Å². The minimum absolute atomic E-state index is 0.0965. The van der Waals surface area contributed by atoms with Crippen molar-refractivity contribution in [3.05, 3.63) is 46.9 Å². The van der Waals surface area contributed by atoms with Crippen LogP contribution >= 0.6 is 0 Å². The van der Waals surface area contributed by atoms with Gasteiger partial charge in [-0.25, -0.2) is 4.98 Å². The Kier molecular flexibility index (Phi) is 9.43. The van der Waals surface area contributed by atoms with Crippen LogP contribution in [0, 0.1) is 5.92 Å². The molecule has 2 aromatic rings. The van der Waals surface area contributed by atoms with Gasteiger partial charge in [-0.3, -0.25) is 28.5 Å². The van der Waals surface area contributed by atoms with E-state index in [4.69, 9.17) is 10.5 Å². The minimum Gasteiger partial charge on any atom is -0.459 e. The Morgan fingerprint density at radius 2 is 1.71 bits per heavy atom. The zero-order valence-corrected chi connectivity index (χ0v) is 21.7. The number of carbonyl (C=O) groups excluding carboxylic acids is 4. The van der Waals surface area contributed by atoms with Crippen molar-refractivity contribution in [3.8, 4) is 11.4 Å². The fourth-order valence-electron chi connectivity index (χ4n) is 3.32. The number of hydrogen-bond donors (Lipinski definition) is 3. The Balaban J connectivity index is 2.21. The van der Waals surface area contributed by atoms with Crippen molar-refractivity contribution in [1.29, 1.82) is 0 Å². The quantitative estimate of drug-likeness (QED) is 0.303. The van der Waals surface area contributed by atoms with Crippen molar-refractivity contribution < 1.29 is 32.7 Å². The average molecular weight is 536 g/mol. The zero-order valence-electron chi connectivity index (χ0n) is 21.7. The number of nitrogens with one attached hydrogen (secondary N) is 2. The van der Waals surface area contributed by atoms with Crippen LogP contribution in [0.1, 0.15) is 34.6 Å². The average Bonchev–Trinajstić information content (AvgIpc) is 2.82. The van der Waals surface area contributed by atoms with Crippen LogP contribution in [0.25, 0.3) is 11.4 Å². The van der Waals surface area contributed by atoms with Gasteiger partial charge in [0.15, 0.2) is 0 Å². The molecule has 11 nitrogen and oxygen atoms in total. The molecule has 2 amide bonds. The number of alkyl halides is 2. The molecule has 1 unspecified atom stereocenters. The van der Waals surface area contributed by atoms with Gasteiger partial charge >= 0.3 is 11.9 Å². The van der Waals surface area contributed by atoms with Gasteiger partial charge in [0, 0.05) is 5.56 Å². The van der Waals surface area contributed by atoms with Crippen molar-refractivity contribution in [1.82, 2.24) is 20.2 Å². The van der Waals surface area contributed by atoms with Gasteiger partial charge in [0.1, 0.15) is 30.2 Å². The first kappa shape index (κ1) is 30.1. The highest BCUT2D eigenvalue weighted by Gasteiger charge is 2.51. The van der Waals surface area contributed by atoms with Gasteiger partial charge in [-0.15, -0.1) is 0 Å². The van der Waals surface area contributed by atoms with E-state index in [0.29, 0.717) is 5.56 Å². The lowest BCUT2D eigenvalue weighted by atomic mass is 9.95. The Morgan fingerprint density at radius 3 is 2.26 bits per heavy atom. The van der Waals surface area contributed by atoms with E-state index in [1.165, 1.54) is 13.8 Å². The predicted octanol–water partition coefficient (Wildman–Crippen LogP) is 1.30. The summed E-state index contributed by atoms with van der Waals surface area (Å²) in [6, 6.07) is 6.59. The molecule has 0 fully saturated rings. The first-order valence-corrected chi connectivity index (χ1v) is 11.7. The second kappa shape index (κ2) is 11.9. The maximum absolute atomic E-state index is 14.7. The van der Waals surface area contributed by atoms with Gasteiger partial charge in [-0.2, -0.15) is 8.78 Å². The maximum atomic E-state index is 14.7. The largest absolute Gasteiger partial charge is 0.459 e. The second-order valence-electron chi connectivity index (χ2n) is 9.79. The molecule has 1 atom stereocenters. The van der Waals surface area contributed by atoms with Crippen LogP contribution in [0.2, 0.25) is 0 Å². The molecule has 13 heteroatoms. The summed E-state index contributed by atoms with van der Waals surface area (Å²) < 4.78 is 35.4. The summed E-state index contributed by atoms with van der Waals surface area (Å²) in [4.78, 5) is 66.1. The molecule has 0 radical (unpaired) electrons. The second-order valence-corrected chi connectivity index (χ2v) is 9.79. The van der Waals surface area contributed by atoms with Gasteiger partial charge in [0.25, 0.3) is 11.5 Å². The van der Waals surface area contributed by atoms with Crippen LogP contribution in [-0.2, 0) is 30.5 Å². The SMILES string of the molecule is CC(C)C(NC(=O)Cn1c(-c2ccccc2)ncc(N)c1=O)C(=O)C(F)(F)C(=O)NCC(=O)OC(C)(C)C. The summed E-state index contributed by atoms with van der Waals surface area (Å²) in [5.74, 6) is -11.2. The number of rotatable bonds is 10. The minimum atomic E-state index is -4.57. The number of esters is 1. The van der Waals surface area contributed by atoms with Gasteiger partial charge in [0.2, 0.25) is 11.7 Å². The van der Waals surface area contributed by atoms with E-state index in [2.05, 4.69) is 10.3 Å². The summed E-state index contributed by atoms with van der Waals surface area (Å²) in [5, 5.41) is 3.87. The number of halogens is 2. The molecule has 206 valence electrons. The van der Waals surface area contributed by atoms with Gasteiger partial charge in [0.05, 0.1) is 12.2 Å². The molecule has 4 N–H and O–H groups in total. The summed E-state index contributed by atoms with van der Waals surface area (Å²) in [6.07, 6.45) is 1.13. The first-order valence-electron chi connectivity index (χ1n) is 11.7. The highest BCUT2D eigenvalue weighted by Crippen LogP contribution is 2.21. The lowest BCUT2D eigenvalue weighted by Crippen LogP contribution is -2.57. The molecular formula is C25H31F2N5O6. The molecular weight excluding hydrogens is 504 g/mol. The van der Waals surface area contributed by atoms with Crippen LogP contribution in [0.15, 0.2) is 41.3 Å². The maximum Gasteiger partial charge on any atom is 0.383 e. The number of ether oxygens (including phenoxy) is 1. The summed E-state index contributed by atoms with van der Waals surface area (Å²) in [7, 11) is 0. The van der Waals surface area contributed by atoms with E-state index in [9.17, 15) is 32.8 Å². The van der Waals surface area contributed by atoms with Crippen LogP contribution in [-0.4, -0.2) is 57.2 Å². The van der Waals surface area contributed by atoms with E-state index in [0.717, 1.165) is 10.8 Å². The smallest absolute Gasteiger partial charge is 0.383 e. The highest BCUT2D eigenvalue weighted by atomic mass is 19.3. The third-order valence-corrected chi connectivity index (χ3v) is 5.08. The number of Topliss-reactive ketones (excluding diaryl/α,β-unsaturated/α-hetero) is 1. The van der Waals surface area contributed by atoms with E-state index in [1.807, 2.05) is 0 Å². The van der Waals surface area contributed by atoms with E-state index in [1.54, 1.807) is 56.4 Å². The van der Waals surface area contributed by atoms with Gasteiger partial charge < -0.3 is 21.1 Å². The monoisotopic (exact) mass is 535 g/mol. The molecule has 1 heterocycles. The van der Waals surface area contributed by atoms with Crippen molar-refractivity contribution in [3.63, 3.8) is 0 Å². The Morgan fingerprint density at radius 1 is 1.11 bits per heavy atom. The van der Waals surface area contributed by atoms with Crippen molar-refractivity contribution >= 4 is 29.3 Å². The van der Waals surface area contributed by atoms with E-state index < -0.39 is 65.7 Å². The normalized spacial score (nSPS) is 12.5. The third kappa shape index (κ3) is 7.67. The Hall–Kier alpha value is -4.16. The van der Waals surface area contributed by atoms with E-state index in [-0.39, 0.29) is 11.5 Å². The number of amides is 2. The van der Waals surface area contributed by atoms with Crippen molar-refractivity contribution in [2.45, 2.75) is 58.7 Å². The summed E-state index contributed by atoms with van der Waals surface area (Å²) >= 11 is 0. The van der Waals surface area contributed by atoms with Crippen molar-refractivity contribution in [2.75, 3.05) is 12.3 Å². The van der Waals surface area contributed by atoms with Crippen molar-refractivity contribution in [2.24, 2.45) is 5.92 Å². The number of ketones is 1. The summed E-state index contributed by atoms with van der Waals surface area (Å²) in [6.45, 7) is 5.87. The molecule has 0 spiro atoms. The Bertz CT molecular complexity index is 1260.